The van der Waals surface area contributed by atoms with E-state index in [4.69, 9.17) is 4.98 Å². The van der Waals surface area contributed by atoms with Crippen LogP contribution in [0.1, 0.15) is 36.0 Å². The number of aryl methyl sites for hydroxylation is 2. The summed E-state index contributed by atoms with van der Waals surface area (Å²) in [5, 5.41) is 3.17. The number of halogens is 1. The van der Waals surface area contributed by atoms with E-state index < -0.39 is 0 Å². The predicted octanol–water partition coefficient (Wildman–Crippen LogP) is 3.97. The number of aromatic nitrogens is 2. The number of benzene rings is 1. The fraction of sp³-hybridized carbons (Fsp3) is 0.375. The average Bonchev–Trinajstić information content (AvgIpc) is 2.42. The second-order valence-corrected chi connectivity index (χ2v) is 5.99. The highest BCUT2D eigenvalue weighted by Crippen LogP contribution is 2.21. The highest BCUT2D eigenvalue weighted by Gasteiger charge is 2.11. The molecule has 106 valence electrons. The molecular formula is C16H20IN3. The quantitative estimate of drug-likeness (QED) is 0.797. The maximum atomic E-state index is 4.74. The van der Waals surface area contributed by atoms with Gasteiger partial charge in [0.05, 0.1) is 9.26 Å². The van der Waals surface area contributed by atoms with Crippen LogP contribution in [0.3, 0.4) is 0 Å². The molecule has 2 rings (SSSR count). The Morgan fingerprint density at radius 1 is 1.25 bits per heavy atom. The van der Waals surface area contributed by atoms with Gasteiger partial charge in [0.15, 0.2) is 0 Å². The summed E-state index contributed by atoms with van der Waals surface area (Å²) in [6.07, 6.45) is 2.88. The van der Waals surface area contributed by atoms with Crippen molar-refractivity contribution in [2.45, 2.75) is 33.1 Å². The highest BCUT2D eigenvalue weighted by atomic mass is 127. The molecule has 0 aliphatic heterocycles. The molecular weight excluding hydrogens is 361 g/mol. The molecule has 0 unspecified atom stereocenters. The van der Waals surface area contributed by atoms with Crippen LogP contribution in [0.2, 0.25) is 0 Å². The van der Waals surface area contributed by atoms with Crippen molar-refractivity contribution in [2.24, 2.45) is 0 Å². The molecule has 2 aromatic rings. The minimum absolute atomic E-state index is 0.782. The second kappa shape index (κ2) is 7.02. The minimum Gasteiger partial charge on any atom is -0.372 e. The molecule has 0 saturated carbocycles. The van der Waals surface area contributed by atoms with Crippen molar-refractivity contribution in [3.63, 3.8) is 0 Å². The molecule has 0 fully saturated rings. The van der Waals surface area contributed by atoms with E-state index in [0.717, 1.165) is 40.2 Å². The fourth-order valence-corrected chi connectivity index (χ4v) is 2.98. The Hall–Kier alpha value is -1.17. The molecule has 3 nitrogen and oxygen atoms in total. The lowest BCUT2D eigenvalue weighted by Gasteiger charge is -2.11. The zero-order valence-electron chi connectivity index (χ0n) is 12.2. The van der Waals surface area contributed by atoms with Gasteiger partial charge < -0.3 is 5.32 Å². The summed E-state index contributed by atoms with van der Waals surface area (Å²) in [5.41, 5.74) is 3.68. The van der Waals surface area contributed by atoms with E-state index in [1.54, 1.807) is 0 Å². The smallest absolute Gasteiger partial charge is 0.143 e. The Morgan fingerprint density at radius 3 is 2.70 bits per heavy atom. The lowest BCUT2D eigenvalue weighted by molar-refractivity contribution is 0.834. The van der Waals surface area contributed by atoms with Gasteiger partial charge in [-0.25, -0.2) is 9.97 Å². The van der Waals surface area contributed by atoms with Crippen molar-refractivity contribution in [3.05, 3.63) is 50.5 Å². The molecule has 0 atom stereocenters. The van der Waals surface area contributed by atoms with Gasteiger partial charge in [-0.05, 0) is 41.5 Å². The SMILES string of the molecule is CCCc1nc(Cc2cccc(C)c2)nc(NC)c1I. The minimum atomic E-state index is 0.782. The number of nitrogens with one attached hydrogen (secondary N) is 1. The first-order valence-corrected chi connectivity index (χ1v) is 8.00. The van der Waals surface area contributed by atoms with Crippen molar-refractivity contribution < 1.29 is 0 Å². The number of anilines is 1. The Kier molecular flexibility index (Phi) is 5.34. The van der Waals surface area contributed by atoms with E-state index in [2.05, 4.69) is 71.0 Å². The zero-order chi connectivity index (χ0) is 14.5. The van der Waals surface area contributed by atoms with Gasteiger partial charge in [-0.3, -0.25) is 0 Å². The molecule has 1 heterocycles. The Balaban J connectivity index is 2.34. The molecule has 4 heteroatoms. The van der Waals surface area contributed by atoms with Gasteiger partial charge in [-0.1, -0.05) is 43.2 Å². The van der Waals surface area contributed by atoms with Gasteiger partial charge in [-0.15, -0.1) is 0 Å². The molecule has 0 amide bonds. The van der Waals surface area contributed by atoms with Crippen LogP contribution in [0.5, 0.6) is 0 Å². The standard InChI is InChI=1S/C16H20IN3/c1-4-6-13-15(17)16(18-3)20-14(19-13)10-12-8-5-7-11(2)9-12/h5,7-9H,4,6,10H2,1-3H3,(H,18,19,20). The summed E-state index contributed by atoms with van der Waals surface area (Å²) >= 11 is 2.33. The molecule has 0 spiro atoms. The van der Waals surface area contributed by atoms with Crippen LogP contribution in [0.25, 0.3) is 0 Å². The lowest BCUT2D eigenvalue weighted by Crippen LogP contribution is -2.08. The fourth-order valence-electron chi connectivity index (χ4n) is 2.20. The van der Waals surface area contributed by atoms with Gasteiger partial charge in [0.25, 0.3) is 0 Å². The Morgan fingerprint density at radius 2 is 2.05 bits per heavy atom. The normalized spacial score (nSPS) is 10.6. The van der Waals surface area contributed by atoms with Crippen LogP contribution >= 0.6 is 22.6 Å². The third kappa shape index (κ3) is 3.69. The van der Waals surface area contributed by atoms with Crippen molar-refractivity contribution in [2.75, 3.05) is 12.4 Å². The first kappa shape index (κ1) is 15.2. The number of rotatable bonds is 5. The van der Waals surface area contributed by atoms with Gasteiger partial charge in [-0.2, -0.15) is 0 Å². The van der Waals surface area contributed by atoms with Crippen molar-refractivity contribution in [1.82, 2.24) is 9.97 Å². The average molecular weight is 381 g/mol. The summed E-state index contributed by atoms with van der Waals surface area (Å²) in [7, 11) is 1.91. The Labute approximate surface area is 134 Å². The van der Waals surface area contributed by atoms with E-state index in [9.17, 15) is 0 Å². The monoisotopic (exact) mass is 381 g/mol. The maximum Gasteiger partial charge on any atom is 0.143 e. The lowest BCUT2D eigenvalue weighted by atomic mass is 10.1. The van der Waals surface area contributed by atoms with E-state index >= 15 is 0 Å². The maximum absolute atomic E-state index is 4.74. The third-order valence-electron chi connectivity index (χ3n) is 3.13. The zero-order valence-corrected chi connectivity index (χ0v) is 14.4. The van der Waals surface area contributed by atoms with Gasteiger partial charge in [0.2, 0.25) is 0 Å². The summed E-state index contributed by atoms with van der Waals surface area (Å²) in [4.78, 5) is 9.37. The van der Waals surface area contributed by atoms with Gasteiger partial charge in [0, 0.05) is 13.5 Å². The number of nitrogens with zero attached hydrogens (tertiary/aromatic N) is 2. The van der Waals surface area contributed by atoms with Gasteiger partial charge in [0.1, 0.15) is 11.6 Å². The van der Waals surface area contributed by atoms with E-state index in [1.807, 2.05) is 7.05 Å². The van der Waals surface area contributed by atoms with Crippen LogP contribution in [0.15, 0.2) is 24.3 Å². The molecule has 1 aromatic heterocycles. The first-order valence-electron chi connectivity index (χ1n) is 6.92. The van der Waals surface area contributed by atoms with E-state index in [-0.39, 0.29) is 0 Å². The van der Waals surface area contributed by atoms with E-state index in [0.29, 0.717) is 0 Å². The van der Waals surface area contributed by atoms with Crippen molar-refractivity contribution >= 4 is 28.4 Å². The third-order valence-corrected chi connectivity index (χ3v) is 4.27. The van der Waals surface area contributed by atoms with Crippen LogP contribution in [0.4, 0.5) is 5.82 Å². The molecule has 1 aromatic carbocycles. The summed E-state index contributed by atoms with van der Waals surface area (Å²) in [6, 6.07) is 8.52. The summed E-state index contributed by atoms with van der Waals surface area (Å²) in [5.74, 6) is 1.83. The molecule has 1 N–H and O–H groups in total. The van der Waals surface area contributed by atoms with Crippen molar-refractivity contribution in [3.8, 4) is 0 Å². The molecule has 20 heavy (non-hydrogen) atoms. The van der Waals surface area contributed by atoms with Crippen LogP contribution < -0.4 is 5.32 Å². The van der Waals surface area contributed by atoms with Crippen LogP contribution in [-0.2, 0) is 12.8 Å². The molecule has 0 radical (unpaired) electrons. The first-order chi connectivity index (χ1) is 9.63. The molecule has 0 bridgehead atoms. The number of hydrogen-bond acceptors (Lipinski definition) is 3. The van der Waals surface area contributed by atoms with Gasteiger partial charge >= 0.3 is 0 Å². The molecule has 0 aliphatic carbocycles. The summed E-state index contributed by atoms with van der Waals surface area (Å²) < 4.78 is 1.14. The van der Waals surface area contributed by atoms with Crippen LogP contribution in [0, 0.1) is 10.5 Å². The van der Waals surface area contributed by atoms with Crippen molar-refractivity contribution in [1.29, 1.82) is 0 Å². The highest BCUT2D eigenvalue weighted by molar-refractivity contribution is 14.1. The molecule has 0 aliphatic rings. The predicted molar refractivity (Wildman–Crippen MR) is 92.3 cm³/mol. The molecule has 0 saturated heterocycles. The topological polar surface area (TPSA) is 37.8 Å². The Bertz CT molecular complexity index is 596. The largest absolute Gasteiger partial charge is 0.372 e. The summed E-state index contributed by atoms with van der Waals surface area (Å²) in [6.45, 7) is 4.29. The second-order valence-electron chi connectivity index (χ2n) is 4.91. The van der Waals surface area contributed by atoms with Crippen LogP contribution in [-0.4, -0.2) is 17.0 Å². The van der Waals surface area contributed by atoms with E-state index in [1.165, 1.54) is 11.1 Å². The number of hydrogen-bond donors (Lipinski definition) is 1.